The molecule has 5 rings (SSSR count). The number of fused-ring (bicyclic) bond motifs is 2. The highest BCUT2D eigenvalue weighted by Crippen LogP contribution is 2.40. The van der Waals surface area contributed by atoms with Gasteiger partial charge in [0.25, 0.3) is 5.91 Å². The molecule has 0 bridgehead atoms. The maximum atomic E-state index is 13.4. The Bertz CT molecular complexity index is 944. The second-order valence-electron chi connectivity index (χ2n) is 9.17. The van der Waals surface area contributed by atoms with E-state index >= 15 is 0 Å². The van der Waals surface area contributed by atoms with Gasteiger partial charge in [-0.25, -0.2) is 4.98 Å². The monoisotopic (exact) mass is 379 g/mol. The number of ether oxygens (including phenoxy) is 1. The first-order chi connectivity index (χ1) is 13.5. The highest BCUT2D eigenvalue weighted by Gasteiger charge is 2.37. The normalized spacial score (nSPS) is 22.7. The number of hydrogen-bond donors (Lipinski definition) is 0. The van der Waals surface area contributed by atoms with Gasteiger partial charge in [0.2, 0.25) is 0 Å². The predicted octanol–water partition coefficient (Wildman–Crippen LogP) is 3.95. The molecule has 0 radical (unpaired) electrons. The Morgan fingerprint density at radius 2 is 2.04 bits per heavy atom. The molecule has 1 atom stereocenters. The Labute approximate surface area is 166 Å². The smallest absolute Gasteiger partial charge is 0.254 e. The number of likely N-dealkylation sites (tertiary alicyclic amines) is 1. The van der Waals surface area contributed by atoms with Gasteiger partial charge in [0, 0.05) is 35.8 Å². The van der Waals surface area contributed by atoms with E-state index in [0.29, 0.717) is 6.61 Å². The van der Waals surface area contributed by atoms with Gasteiger partial charge in [0.1, 0.15) is 11.6 Å². The number of carbonyl (C=O) groups is 1. The number of rotatable bonds is 2. The number of benzene rings is 1. The van der Waals surface area contributed by atoms with Crippen molar-refractivity contribution in [1.82, 2.24) is 14.5 Å². The van der Waals surface area contributed by atoms with Gasteiger partial charge in [-0.05, 0) is 56.7 Å². The molecular weight excluding hydrogens is 350 g/mol. The van der Waals surface area contributed by atoms with Crippen LogP contribution in [0.15, 0.2) is 18.2 Å². The molecule has 1 unspecified atom stereocenters. The SMILES string of the molecule is Cn1c(C2CCCN2C(=O)c2ccc3c(c2)C(C)(C)CO3)nc2c1CCCC2. The number of imidazole rings is 1. The van der Waals surface area contributed by atoms with E-state index in [1.165, 1.54) is 24.2 Å². The third kappa shape index (κ3) is 2.66. The van der Waals surface area contributed by atoms with Crippen molar-refractivity contribution in [3.63, 3.8) is 0 Å². The lowest BCUT2D eigenvalue weighted by Gasteiger charge is -2.25. The largest absolute Gasteiger partial charge is 0.492 e. The lowest BCUT2D eigenvalue weighted by atomic mass is 9.86. The first-order valence-electron chi connectivity index (χ1n) is 10.6. The first kappa shape index (κ1) is 17.8. The Hall–Kier alpha value is -2.30. The maximum absolute atomic E-state index is 13.4. The number of hydrogen-bond acceptors (Lipinski definition) is 3. The van der Waals surface area contributed by atoms with Gasteiger partial charge in [-0.2, -0.15) is 0 Å². The van der Waals surface area contributed by atoms with Crippen LogP contribution in [0.2, 0.25) is 0 Å². The van der Waals surface area contributed by atoms with Crippen molar-refractivity contribution in [2.75, 3.05) is 13.2 Å². The van der Waals surface area contributed by atoms with Gasteiger partial charge >= 0.3 is 0 Å². The molecule has 1 aliphatic carbocycles. The van der Waals surface area contributed by atoms with E-state index in [-0.39, 0.29) is 17.4 Å². The zero-order chi connectivity index (χ0) is 19.5. The van der Waals surface area contributed by atoms with Crippen LogP contribution in [0.25, 0.3) is 0 Å². The average Bonchev–Trinajstić information content (AvgIpc) is 3.38. The summed E-state index contributed by atoms with van der Waals surface area (Å²) in [6, 6.07) is 6.01. The molecule has 5 heteroatoms. The van der Waals surface area contributed by atoms with Crippen molar-refractivity contribution in [3.8, 4) is 5.75 Å². The summed E-state index contributed by atoms with van der Waals surface area (Å²) in [4.78, 5) is 20.5. The minimum absolute atomic E-state index is 0.0469. The second kappa shape index (κ2) is 6.36. The van der Waals surface area contributed by atoms with Crippen molar-refractivity contribution in [1.29, 1.82) is 0 Å². The molecule has 2 aliphatic heterocycles. The van der Waals surface area contributed by atoms with E-state index in [9.17, 15) is 4.79 Å². The van der Waals surface area contributed by atoms with Gasteiger partial charge in [-0.3, -0.25) is 4.79 Å². The lowest BCUT2D eigenvalue weighted by molar-refractivity contribution is 0.0728. The molecule has 1 fully saturated rings. The topological polar surface area (TPSA) is 47.4 Å². The van der Waals surface area contributed by atoms with Gasteiger partial charge in [-0.1, -0.05) is 13.8 Å². The molecule has 1 aromatic carbocycles. The van der Waals surface area contributed by atoms with Crippen molar-refractivity contribution >= 4 is 5.91 Å². The molecule has 148 valence electrons. The molecule has 0 spiro atoms. The van der Waals surface area contributed by atoms with Gasteiger partial charge in [-0.15, -0.1) is 0 Å². The summed E-state index contributed by atoms with van der Waals surface area (Å²) >= 11 is 0. The molecule has 0 N–H and O–H groups in total. The van der Waals surface area contributed by atoms with Crippen molar-refractivity contribution < 1.29 is 9.53 Å². The van der Waals surface area contributed by atoms with Crippen LogP contribution in [0.3, 0.4) is 0 Å². The third-order valence-electron chi connectivity index (χ3n) is 6.76. The van der Waals surface area contributed by atoms with Crippen LogP contribution in [-0.2, 0) is 25.3 Å². The van der Waals surface area contributed by atoms with Crippen molar-refractivity contribution in [2.45, 2.75) is 63.8 Å². The lowest BCUT2D eigenvalue weighted by Crippen LogP contribution is -2.32. The standard InChI is InChI=1S/C23H29N3O2/c1-23(2)14-28-20-11-10-15(13-16(20)23)22(27)26-12-6-9-19(26)21-24-17-7-4-5-8-18(17)25(21)3/h10-11,13,19H,4-9,12,14H2,1-3H3. The van der Waals surface area contributed by atoms with Crippen LogP contribution in [-0.4, -0.2) is 33.5 Å². The van der Waals surface area contributed by atoms with Gasteiger partial charge in [0.05, 0.1) is 18.3 Å². The number of aromatic nitrogens is 2. The van der Waals surface area contributed by atoms with Crippen LogP contribution in [0, 0.1) is 0 Å². The van der Waals surface area contributed by atoms with E-state index in [4.69, 9.17) is 9.72 Å². The molecule has 1 amide bonds. The van der Waals surface area contributed by atoms with Crippen LogP contribution in [0.4, 0.5) is 0 Å². The zero-order valence-corrected chi connectivity index (χ0v) is 17.1. The van der Waals surface area contributed by atoms with Crippen LogP contribution in [0.5, 0.6) is 5.75 Å². The zero-order valence-electron chi connectivity index (χ0n) is 17.1. The fourth-order valence-electron chi connectivity index (χ4n) is 5.10. The Kier molecular flexibility index (Phi) is 4.04. The van der Waals surface area contributed by atoms with E-state index in [0.717, 1.165) is 54.9 Å². The number of carbonyl (C=O) groups excluding carboxylic acids is 1. The summed E-state index contributed by atoms with van der Waals surface area (Å²) in [5, 5.41) is 0. The molecule has 1 saturated heterocycles. The van der Waals surface area contributed by atoms with Crippen LogP contribution < -0.4 is 4.74 Å². The number of nitrogens with zero attached hydrogens (tertiary/aromatic N) is 3. The Balaban J connectivity index is 1.47. The quantitative estimate of drug-likeness (QED) is 0.794. The van der Waals surface area contributed by atoms with E-state index in [1.807, 2.05) is 23.1 Å². The van der Waals surface area contributed by atoms with Crippen LogP contribution in [0.1, 0.15) is 78.7 Å². The Morgan fingerprint density at radius 1 is 1.21 bits per heavy atom. The maximum Gasteiger partial charge on any atom is 0.254 e. The van der Waals surface area contributed by atoms with Crippen LogP contribution >= 0.6 is 0 Å². The second-order valence-corrected chi connectivity index (χ2v) is 9.17. The molecule has 1 aromatic heterocycles. The van der Waals surface area contributed by atoms with E-state index < -0.39 is 0 Å². The summed E-state index contributed by atoms with van der Waals surface area (Å²) in [6.07, 6.45) is 6.68. The minimum atomic E-state index is -0.0469. The molecular formula is C23H29N3O2. The predicted molar refractivity (Wildman–Crippen MR) is 108 cm³/mol. The highest BCUT2D eigenvalue weighted by atomic mass is 16.5. The fourth-order valence-corrected chi connectivity index (χ4v) is 5.10. The van der Waals surface area contributed by atoms with Gasteiger partial charge in [0.15, 0.2) is 0 Å². The van der Waals surface area contributed by atoms with Gasteiger partial charge < -0.3 is 14.2 Å². The average molecular weight is 380 g/mol. The van der Waals surface area contributed by atoms with E-state index in [1.54, 1.807) is 0 Å². The summed E-state index contributed by atoms with van der Waals surface area (Å²) in [7, 11) is 2.13. The summed E-state index contributed by atoms with van der Waals surface area (Å²) in [5.74, 6) is 2.10. The molecule has 2 aromatic rings. The molecule has 5 nitrogen and oxygen atoms in total. The number of aryl methyl sites for hydroxylation is 1. The summed E-state index contributed by atoms with van der Waals surface area (Å²) < 4.78 is 8.06. The fraction of sp³-hybridized carbons (Fsp3) is 0.565. The molecule has 28 heavy (non-hydrogen) atoms. The van der Waals surface area contributed by atoms with Crippen molar-refractivity contribution in [2.24, 2.45) is 7.05 Å². The summed E-state index contributed by atoms with van der Waals surface area (Å²) in [6.45, 7) is 5.82. The molecule has 3 aliphatic rings. The van der Waals surface area contributed by atoms with Crippen molar-refractivity contribution in [3.05, 3.63) is 46.5 Å². The third-order valence-corrected chi connectivity index (χ3v) is 6.76. The minimum Gasteiger partial charge on any atom is -0.492 e. The number of amides is 1. The molecule has 0 saturated carbocycles. The van der Waals surface area contributed by atoms with E-state index in [2.05, 4.69) is 25.5 Å². The summed E-state index contributed by atoms with van der Waals surface area (Å²) in [5.41, 5.74) is 4.48. The molecule has 3 heterocycles. The Morgan fingerprint density at radius 3 is 2.86 bits per heavy atom. The highest BCUT2D eigenvalue weighted by molar-refractivity contribution is 5.95. The first-order valence-corrected chi connectivity index (χ1v) is 10.6.